The summed E-state index contributed by atoms with van der Waals surface area (Å²) in [7, 11) is -2.17. The van der Waals surface area contributed by atoms with Crippen LogP contribution in [0, 0.1) is 0 Å². The van der Waals surface area contributed by atoms with Gasteiger partial charge in [0.15, 0.2) is 0 Å². The van der Waals surface area contributed by atoms with Crippen molar-refractivity contribution in [3.8, 4) is 0 Å². The Labute approximate surface area is 75.2 Å². The molecule has 0 unspecified atom stereocenters. The Hall–Kier alpha value is 1.74. The van der Waals surface area contributed by atoms with E-state index in [0.29, 0.717) is 0 Å². The first-order valence-electron chi connectivity index (χ1n) is 0.775. The average molecular weight is 207 g/mol. The quantitative estimate of drug-likeness (QED) is 0.359. The summed E-state index contributed by atoms with van der Waals surface area (Å²) in [6.07, 6.45) is 0. The third-order valence-corrected chi connectivity index (χ3v) is 0. The second-order valence-corrected chi connectivity index (χ2v) is 0.346. The van der Waals surface area contributed by atoms with Crippen LogP contribution < -0.4 is 0 Å². The molecule has 0 saturated heterocycles. The monoisotopic (exact) mass is 208 g/mol. The zero-order valence-electron chi connectivity index (χ0n) is 2.63. The van der Waals surface area contributed by atoms with Crippen LogP contribution in [0.1, 0.15) is 0 Å². The van der Waals surface area contributed by atoms with Crippen molar-refractivity contribution < 1.29 is 15.1 Å². The molecule has 2 radical (unpaired) electrons. The van der Waals surface area contributed by atoms with Crippen LogP contribution in [-0.2, 0) is 0 Å². The Morgan fingerprint density at radius 1 is 1.00 bits per heavy atom. The minimum atomic E-state index is -2.17. The molecule has 0 saturated carbocycles. The van der Waals surface area contributed by atoms with Crippen molar-refractivity contribution in [2.75, 3.05) is 0 Å². The molecular weight excluding hydrogens is 201 g/mol. The van der Waals surface area contributed by atoms with Crippen LogP contribution in [0.3, 0.4) is 0 Å². The molecule has 0 aromatic carbocycles. The van der Waals surface area contributed by atoms with Gasteiger partial charge in [-0.05, 0) is 0 Å². The van der Waals surface area contributed by atoms with E-state index in [1.54, 1.807) is 0 Å². The first-order chi connectivity index (χ1) is 1.73. The summed E-state index contributed by atoms with van der Waals surface area (Å²) in [6.45, 7) is 0. The molecule has 6 heteroatoms. The van der Waals surface area contributed by atoms with Crippen molar-refractivity contribution in [2.24, 2.45) is 0 Å². The van der Waals surface area contributed by atoms with Crippen LogP contribution in [0.25, 0.3) is 0 Å². The molecule has 0 aliphatic heterocycles. The average Bonchev–Trinajstić information content (AvgIpc) is 0.811. The molecule has 3 N–H and O–H groups in total. The van der Waals surface area contributed by atoms with Crippen molar-refractivity contribution in [2.45, 2.75) is 0 Å². The van der Waals surface area contributed by atoms with E-state index in [0.717, 1.165) is 0 Å². The Morgan fingerprint density at radius 3 is 1.00 bits per heavy atom. The molecule has 0 spiro atoms. The fourth-order valence-electron chi connectivity index (χ4n) is 0. The van der Waals surface area contributed by atoms with Gasteiger partial charge in [0.1, 0.15) is 0 Å². The van der Waals surface area contributed by atoms with Gasteiger partial charge >= 0.3 is 60.8 Å². The molecule has 32 valence electrons. The predicted octanol–water partition coefficient (Wildman–Crippen LogP) is -3.62. The van der Waals surface area contributed by atoms with Crippen molar-refractivity contribution in [3.63, 3.8) is 0 Å². The summed E-state index contributed by atoms with van der Waals surface area (Å²) < 4.78 is 0. The van der Waals surface area contributed by atoms with Crippen LogP contribution in [0.2, 0.25) is 0 Å². The summed E-state index contributed by atoms with van der Waals surface area (Å²) >= 11 is 0. The van der Waals surface area contributed by atoms with Gasteiger partial charge in [-0.15, -0.1) is 0 Å². The normalized spacial score (nSPS) is 4.50. The number of rotatable bonds is 0. The fourth-order valence-corrected chi connectivity index (χ4v) is 0. The molecule has 0 aromatic rings. The molecule has 3 nitrogen and oxygen atoms in total. The van der Waals surface area contributed by atoms with E-state index in [-0.39, 0.29) is 53.5 Å². The first kappa shape index (κ1) is 15.6. The summed E-state index contributed by atoms with van der Waals surface area (Å²) in [6, 6.07) is 0. The van der Waals surface area contributed by atoms with Gasteiger partial charge in [0, 0.05) is 0 Å². The Morgan fingerprint density at radius 2 is 1.00 bits per heavy atom. The van der Waals surface area contributed by atoms with Crippen LogP contribution in [0.15, 0.2) is 0 Å². The van der Waals surface area contributed by atoms with Crippen LogP contribution in [-0.4, -0.2) is 75.9 Å². The molecule has 0 amide bonds. The molecule has 0 rings (SSSR count). The van der Waals surface area contributed by atoms with E-state index in [9.17, 15) is 0 Å². The Bertz CT molecular complexity index is 15.5. The maximum absolute atomic E-state index is 7.17. The first-order valence-corrected chi connectivity index (χ1v) is 0.775. The Balaban J connectivity index is -0.0000000450. The van der Waals surface area contributed by atoms with E-state index in [1.165, 1.54) is 0 Å². The predicted molar refractivity (Wildman–Crippen MR) is 28.1 cm³/mol. The second kappa shape index (κ2) is 9.89. The van der Waals surface area contributed by atoms with E-state index in [1.807, 2.05) is 0 Å². The second-order valence-electron chi connectivity index (χ2n) is 0.346. The fraction of sp³-hybridized carbons (Fsp3) is 0. The van der Waals surface area contributed by atoms with Gasteiger partial charge in [-0.3, -0.25) is 0 Å². The van der Waals surface area contributed by atoms with Gasteiger partial charge in [-0.1, -0.05) is 0 Å². The van der Waals surface area contributed by atoms with Crippen LogP contribution in [0.4, 0.5) is 0 Å². The van der Waals surface area contributed by atoms with Gasteiger partial charge < -0.3 is 15.1 Å². The van der Waals surface area contributed by atoms with E-state index in [4.69, 9.17) is 15.1 Å². The molecule has 0 aliphatic rings. The van der Waals surface area contributed by atoms with Gasteiger partial charge in [0.05, 0.1) is 0 Å². The molecule has 0 aromatic heterocycles. The van der Waals surface area contributed by atoms with E-state index in [2.05, 4.69) is 0 Å². The Kier molecular flexibility index (Phi) is 25.8. The van der Waals surface area contributed by atoms with Crippen molar-refractivity contribution >= 4 is 60.8 Å². The third kappa shape index (κ3) is 42.5. The molecule has 6 heavy (non-hydrogen) atoms. The van der Waals surface area contributed by atoms with Crippen molar-refractivity contribution in [1.29, 1.82) is 0 Å². The topological polar surface area (TPSA) is 60.7 Å². The number of hydrogen-bond donors (Lipinski definition) is 3. The summed E-state index contributed by atoms with van der Waals surface area (Å²) in [5.74, 6) is 0. The molecule has 0 heterocycles. The van der Waals surface area contributed by atoms with Gasteiger partial charge in [0.2, 0.25) is 0 Å². The van der Waals surface area contributed by atoms with Gasteiger partial charge in [-0.25, -0.2) is 0 Å². The van der Waals surface area contributed by atoms with Gasteiger partial charge in [0.25, 0.3) is 0 Å². The molecule has 0 fully saturated rings. The summed E-state index contributed by atoms with van der Waals surface area (Å²) in [4.78, 5) is 0. The summed E-state index contributed by atoms with van der Waals surface area (Å²) in [5, 5.41) is 21.5. The summed E-state index contributed by atoms with van der Waals surface area (Å²) in [5.41, 5.74) is 0. The molecule has 0 aliphatic carbocycles. The van der Waals surface area contributed by atoms with E-state index >= 15 is 0 Å². The standard InChI is InChI=1S/BH3O3.Na.Sn.3H/c2-1(3)4;;;;;/h2-4H;;;;;. The van der Waals surface area contributed by atoms with E-state index < -0.39 is 7.32 Å². The van der Waals surface area contributed by atoms with Gasteiger partial charge in [-0.2, -0.15) is 0 Å². The zero-order valence-corrected chi connectivity index (χ0v) is 6.66. The third-order valence-electron chi connectivity index (χ3n) is 0. The SMILES string of the molecule is OB(O)O.[NaH].[SnH2]. The van der Waals surface area contributed by atoms with Crippen molar-refractivity contribution in [1.82, 2.24) is 0 Å². The maximum atomic E-state index is 7.17. The molecule has 0 bridgehead atoms. The zero-order chi connectivity index (χ0) is 3.58. The number of hydrogen-bond acceptors (Lipinski definition) is 3. The minimum absolute atomic E-state index is 0. The van der Waals surface area contributed by atoms with Crippen molar-refractivity contribution in [3.05, 3.63) is 0 Å². The van der Waals surface area contributed by atoms with Crippen LogP contribution >= 0.6 is 0 Å². The molecule has 0 atom stereocenters. The molecular formula is H6BNaO3Sn. The van der Waals surface area contributed by atoms with Crippen LogP contribution in [0.5, 0.6) is 0 Å².